The Bertz CT molecular complexity index is 1180. The van der Waals surface area contributed by atoms with Gasteiger partial charge in [0.05, 0.1) is 17.2 Å². The smallest absolute Gasteiger partial charge is 0.386 e. The van der Waals surface area contributed by atoms with Crippen LogP contribution in [-0.2, 0) is 21.9 Å². The first-order valence-electron chi connectivity index (χ1n) is 12.0. The molecule has 0 spiro atoms. The van der Waals surface area contributed by atoms with Gasteiger partial charge in [0, 0.05) is 32.0 Å². The molecular formula is C26H28F7N3O3. The molecule has 1 saturated heterocycles. The van der Waals surface area contributed by atoms with E-state index in [1.165, 1.54) is 37.2 Å². The highest BCUT2D eigenvalue weighted by Gasteiger charge is 2.40. The first kappa shape index (κ1) is 30.4. The van der Waals surface area contributed by atoms with Crippen molar-refractivity contribution in [2.75, 3.05) is 26.7 Å². The first-order valence-corrected chi connectivity index (χ1v) is 12.0. The van der Waals surface area contributed by atoms with Crippen LogP contribution < -0.4 is 5.43 Å². The molecule has 1 fully saturated rings. The lowest BCUT2D eigenvalue weighted by Crippen LogP contribution is -2.52. The number of alkyl halides is 6. The number of hydrazine groups is 1. The molecule has 13 heteroatoms. The normalized spacial score (nSPS) is 19.5. The van der Waals surface area contributed by atoms with Gasteiger partial charge in [0.2, 0.25) is 5.91 Å². The van der Waals surface area contributed by atoms with Crippen molar-refractivity contribution in [1.82, 2.24) is 15.3 Å². The Labute approximate surface area is 220 Å². The van der Waals surface area contributed by atoms with Crippen molar-refractivity contribution < 1.29 is 45.4 Å². The molecule has 0 saturated carbocycles. The van der Waals surface area contributed by atoms with Crippen LogP contribution in [0.4, 0.5) is 30.7 Å². The molecular weight excluding hydrogens is 535 g/mol. The van der Waals surface area contributed by atoms with Crippen molar-refractivity contribution in [3.8, 4) is 0 Å². The number of carbonyl (C=O) groups excluding carboxylic acids is 2. The van der Waals surface area contributed by atoms with Crippen LogP contribution in [-0.4, -0.2) is 53.6 Å². The highest BCUT2D eigenvalue weighted by molar-refractivity contribution is 5.80. The van der Waals surface area contributed by atoms with E-state index >= 15 is 0 Å². The molecule has 0 aromatic heterocycles. The molecule has 0 bridgehead atoms. The van der Waals surface area contributed by atoms with E-state index in [0.717, 1.165) is 4.90 Å². The van der Waals surface area contributed by atoms with Gasteiger partial charge >= 0.3 is 12.4 Å². The van der Waals surface area contributed by atoms with Crippen LogP contribution in [0.1, 0.15) is 53.1 Å². The predicted molar refractivity (Wildman–Crippen MR) is 126 cm³/mol. The topological polar surface area (TPSA) is 72.9 Å². The predicted octanol–water partition coefficient (Wildman–Crippen LogP) is 4.82. The van der Waals surface area contributed by atoms with Gasteiger partial charge in [-0.15, -0.1) is 0 Å². The maximum absolute atomic E-state index is 13.8. The Morgan fingerprint density at radius 2 is 1.67 bits per heavy atom. The monoisotopic (exact) mass is 563 g/mol. The third kappa shape index (κ3) is 7.07. The lowest BCUT2D eigenvalue weighted by atomic mass is 9.78. The van der Waals surface area contributed by atoms with E-state index in [1.807, 2.05) is 0 Å². The van der Waals surface area contributed by atoms with Gasteiger partial charge in [-0.3, -0.25) is 15.0 Å². The quantitative estimate of drug-likeness (QED) is 0.495. The molecule has 0 aliphatic carbocycles. The summed E-state index contributed by atoms with van der Waals surface area (Å²) < 4.78 is 94.1. The zero-order valence-electron chi connectivity index (χ0n) is 21.3. The number of amides is 2. The van der Waals surface area contributed by atoms with Gasteiger partial charge in [-0.25, -0.2) is 9.40 Å². The Kier molecular flexibility index (Phi) is 8.95. The number of benzene rings is 2. The first-order chi connectivity index (χ1) is 18.0. The Morgan fingerprint density at radius 3 is 2.18 bits per heavy atom. The number of halogens is 7. The molecule has 0 unspecified atom stereocenters. The SMILES string of the molecule is Cc1cc(F)ccc1[C@H]1CN(NC(=O)CO)CC[C@@H]1C(=O)N(C)[C@H](C)c1cc(C(F)(F)F)cc(C(F)(F)F)c1. The van der Waals surface area contributed by atoms with Crippen molar-refractivity contribution in [2.45, 2.75) is 44.6 Å². The number of carbonyl (C=O) groups is 2. The average Bonchev–Trinajstić information content (AvgIpc) is 2.86. The van der Waals surface area contributed by atoms with Crippen LogP contribution in [0.15, 0.2) is 36.4 Å². The van der Waals surface area contributed by atoms with Crippen LogP contribution >= 0.6 is 0 Å². The third-order valence-corrected chi connectivity index (χ3v) is 7.01. The Balaban J connectivity index is 1.96. The summed E-state index contributed by atoms with van der Waals surface area (Å²) in [6.07, 6.45) is -9.90. The number of hydrogen-bond acceptors (Lipinski definition) is 4. The molecule has 214 valence electrons. The lowest BCUT2D eigenvalue weighted by molar-refractivity contribution is -0.143. The summed E-state index contributed by atoms with van der Waals surface area (Å²) in [5.41, 5.74) is 0.333. The maximum Gasteiger partial charge on any atom is 0.416 e. The van der Waals surface area contributed by atoms with Crippen LogP contribution in [0.2, 0.25) is 0 Å². The summed E-state index contributed by atoms with van der Waals surface area (Å²) in [4.78, 5) is 26.5. The second kappa shape index (κ2) is 11.5. The summed E-state index contributed by atoms with van der Waals surface area (Å²) in [5, 5.41) is 10.6. The van der Waals surface area contributed by atoms with E-state index in [9.17, 15) is 40.3 Å². The Hall–Kier alpha value is -3.19. The number of aliphatic hydroxyl groups is 1. The summed E-state index contributed by atoms with van der Waals surface area (Å²) in [7, 11) is 1.30. The molecule has 3 atom stereocenters. The van der Waals surface area contributed by atoms with Crippen LogP contribution in [0.25, 0.3) is 0 Å². The van der Waals surface area contributed by atoms with Gasteiger partial charge < -0.3 is 10.0 Å². The van der Waals surface area contributed by atoms with E-state index in [4.69, 9.17) is 5.11 Å². The molecule has 1 heterocycles. The van der Waals surface area contributed by atoms with Crippen LogP contribution in [0, 0.1) is 18.7 Å². The summed E-state index contributed by atoms with van der Waals surface area (Å²) in [6, 6.07) is 4.05. The minimum absolute atomic E-state index is 0.0295. The largest absolute Gasteiger partial charge is 0.416 e. The van der Waals surface area contributed by atoms with E-state index in [-0.39, 0.29) is 31.1 Å². The molecule has 0 radical (unpaired) electrons. The highest BCUT2D eigenvalue weighted by Crippen LogP contribution is 2.40. The molecule has 39 heavy (non-hydrogen) atoms. The van der Waals surface area contributed by atoms with E-state index in [2.05, 4.69) is 5.43 Å². The van der Waals surface area contributed by atoms with Crippen LogP contribution in [0.5, 0.6) is 0 Å². The van der Waals surface area contributed by atoms with E-state index in [1.54, 1.807) is 6.92 Å². The van der Waals surface area contributed by atoms with Gasteiger partial charge in [-0.05, 0) is 67.3 Å². The lowest BCUT2D eigenvalue weighted by Gasteiger charge is -2.41. The van der Waals surface area contributed by atoms with Crippen molar-refractivity contribution in [2.24, 2.45) is 5.92 Å². The molecule has 3 rings (SSSR count). The number of nitrogens with one attached hydrogen (secondary N) is 1. The molecule has 6 nitrogen and oxygen atoms in total. The summed E-state index contributed by atoms with van der Waals surface area (Å²) >= 11 is 0. The second-order valence-corrected chi connectivity index (χ2v) is 9.61. The number of aryl methyl sites for hydroxylation is 1. The fraction of sp³-hybridized carbons (Fsp3) is 0.462. The number of hydrogen-bond donors (Lipinski definition) is 2. The van der Waals surface area contributed by atoms with Crippen molar-refractivity contribution in [1.29, 1.82) is 0 Å². The fourth-order valence-electron chi connectivity index (χ4n) is 4.83. The standard InChI is InChI=1S/C26H28F7N3O3/c1-14-8-19(27)4-5-20(14)22-12-36(34-23(38)13-37)7-6-21(22)24(39)35(3)15(2)16-9-17(25(28,29)30)11-18(10-16)26(31,32)33/h4-5,8-11,15,21-22,37H,6-7,12-13H2,1-3H3,(H,34,38)/t15-,21+,22-/m1/s1. The van der Waals surface area contributed by atoms with E-state index in [0.29, 0.717) is 23.3 Å². The van der Waals surface area contributed by atoms with Crippen molar-refractivity contribution >= 4 is 11.8 Å². The van der Waals surface area contributed by atoms with Gasteiger partial charge in [0.15, 0.2) is 0 Å². The van der Waals surface area contributed by atoms with Crippen molar-refractivity contribution in [3.63, 3.8) is 0 Å². The highest BCUT2D eigenvalue weighted by atomic mass is 19.4. The van der Waals surface area contributed by atoms with Gasteiger partial charge in [0.25, 0.3) is 5.91 Å². The molecule has 1 aliphatic heterocycles. The van der Waals surface area contributed by atoms with E-state index < -0.39 is 65.6 Å². The minimum atomic E-state index is -5.03. The number of rotatable bonds is 6. The van der Waals surface area contributed by atoms with Crippen molar-refractivity contribution in [3.05, 3.63) is 70.0 Å². The number of aliphatic hydroxyl groups excluding tert-OH is 1. The molecule has 2 amide bonds. The second-order valence-electron chi connectivity index (χ2n) is 9.61. The zero-order chi connectivity index (χ0) is 29.3. The summed E-state index contributed by atoms with van der Waals surface area (Å²) in [6.45, 7) is 2.49. The van der Waals surface area contributed by atoms with Gasteiger partial charge in [-0.2, -0.15) is 26.3 Å². The molecule has 2 N–H and O–H groups in total. The Morgan fingerprint density at radius 1 is 1.08 bits per heavy atom. The maximum atomic E-state index is 13.8. The average molecular weight is 564 g/mol. The van der Waals surface area contributed by atoms with Gasteiger partial charge in [-0.1, -0.05) is 6.07 Å². The zero-order valence-corrected chi connectivity index (χ0v) is 21.3. The minimum Gasteiger partial charge on any atom is -0.386 e. The molecule has 2 aromatic rings. The fourth-order valence-corrected chi connectivity index (χ4v) is 4.83. The number of nitrogens with zero attached hydrogens (tertiary/aromatic N) is 2. The summed E-state index contributed by atoms with van der Waals surface area (Å²) in [5.74, 6) is -3.10. The van der Waals surface area contributed by atoms with Crippen LogP contribution in [0.3, 0.4) is 0 Å². The van der Waals surface area contributed by atoms with Gasteiger partial charge in [0.1, 0.15) is 12.4 Å². The third-order valence-electron chi connectivity index (χ3n) is 7.01. The molecule has 2 aromatic carbocycles. The molecule has 1 aliphatic rings. The number of piperidine rings is 1.